The van der Waals surface area contributed by atoms with Crippen LogP contribution in [0.5, 0.6) is 11.6 Å². The molecule has 4 heterocycles. The third-order valence-corrected chi connectivity index (χ3v) is 5.86. The molecule has 1 aromatic carbocycles. The van der Waals surface area contributed by atoms with Gasteiger partial charge in [0.2, 0.25) is 5.88 Å². The first-order chi connectivity index (χ1) is 14.6. The Morgan fingerprint density at radius 1 is 1.13 bits per heavy atom. The summed E-state index contributed by atoms with van der Waals surface area (Å²) >= 11 is 0. The van der Waals surface area contributed by atoms with Crippen LogP contribution in [0.4, 0.5) is 8.78 Å². The van der Waals surface area contributed by atoms with Crippen molar-refractivity contribution in [2.24, 2.45) is 0 Å². The maximum Gasteiger partial charge on any atom is 0.233 e. The number of nitrogens with zero attached hydrogens (tertiary/aromatic N) is 3. The lowest BCUT2D eigenvalue weighted by Crippen LogP contribution is -2.59. The molecular weight excluding hydrogens is 392 g/mol. The summed E-state index contributed by atoms with van der Waals surface area (Å²) in [6, 6.07) is 5.75. The van der Waals surface area contributed by atoms with Crippen LogP contribution in [-0.2, 0) is 0 Å². The van der Waals surface area contributed by atoms with Crippen molar-refractivity contribution in [3.8, 4) is 34.0 Å². The first kappa shape index (κ1) is 18.9. The number of H-pyrrole nitrogens is 1. The van der Waals surface area contributed by atoms with E-state index in [9.17, 15) is 13.9 Å². The Balaban J connectivity index is 1.35. The monoisotopic (exact) mass is 413 g/mol. The number of aromatic hydroxyl groups is 1. The van der Waals surface area contributed by atoms with Gasteiger partial charge < -0.3 is 15.2 Å². The van der Waals surface area contributed by atoms with Crippen LogP contribution in [-0.4, -0.2) is 49.9 Å². The quantitative estimate of drug-likeness (QED) is 0.607. The highest BCUT2D eigenvalue weighted by Crippen LogP contribution is 2.35. The fourth-order valence-electron chi connectivity index (χ4n) is 4.34. The predicted molar refractivity (Wildman–Crippen MR) is 105 cm³/mol. The van der Waals surface area contributed by atoms with Crippen LogP contribution < -0.4 is 10.1 Å². The summed E-state index contributed by atoms with van der Waals surface area (Å²) < 4.78 is 35.0. The summed E-state index contributed by atoms with van der Waals surface area (Å²) in [7, 11) is 0. The van der Waals surface area contributed by atoms with E-state index in [0.717, 1.165) is 19.3 Å². The van der Waals surface area contributed by atoms with Gasteiger partial charge in [0.15, 0.2) is 6.17 Å². The summed E-state index contributed by atoms with van der Waals surface area (Å²) in [6.07, 6.45) is 4.78. The zero-order chi connectivity index (χ0) is 20.7. The molecule has 2 fully saturated rings. The Morgan fingerprint density at radius 3 is 2.80 bits per heavy atom. The molecule has 5 rings (SSSR count). The van der Waals surface area contributed by atoms with Gasteiger partial charge in [0.1, 0.15) is 17.7 Å². The van der Waals surface area contributed by atoms with E-state index in [1.165, 1.54) is 24.5 Å². The SMILES string of the molecule is Oc1cc(-c2cn[nH]c2)c(F)cc1-c1ccc(O[C@H]2C[C@H]3CCC[C@H](N3)[C@H]2F)nn1. The second kappa shape index (κ2) is 7.64. The highest BCUT2D eigenvalue weighted by atomic mass is 19.1. The molecule has 9 heteroatoms. The topological polar surface area (TPSA) is 96.0 Å². The number of aromatic nitrogens is 4. The first-order valence-corrected chi connectivity index (χ1v) is 10.0. The molecule has 0 unspecified atom stereocenters. The lowest BCUT2D eigenvalue weighted by atomic mass is 9.84. The lowest BCUT2D eigenvalue weighted by molar-refractivity contribution is 0.00652. The highest BCUT2D eigenvalue weighted by molar-refractivity contribution is 5.74. The zero-order valence-electron chi connectivity index (χ0n) is 16.1. The van der Waals surface area contributed by atoms with E-state index in [1.54, 1.807) is 12.1 Å². The molecule has 3 aromatic rings. The van der Waals surface area contributed by atoms with Crippen molar-refractivity contribution in [1.29, 1.82) is 0 Å². The van der Waals surface area contributed by atoms with Gasteiger partial charge >= 0.3 is 0 Å². The Bertz CT molecular complexity index is 1030. The number of phenols is 1. The van der Waals surface area contributed by atoms with E-state index >= 15 is 0 Å². The van der Waals surface area contributed by atoms with Crippen LogP contribution in [0.25, 0.3) is 22.4 Å². The fourth-order valence-corrected chi connectivity index (χ4v) is 4.34. The second-order valence-electron chi connectivity index (χ2n) is 7.83. The van der Waals surface area contributed by atoms with Gasteiger partial charge in [-0.1, -0.05) is 6.42 Å². The molecule has 7 nitrogen and oxygen atoms in total. The molecule has 0 amide bonds. The number of piperidine rings is 2. The number of ether oxygens (including phenoxy) is 1. The average molecular weight is 413 g/mol. The molecule has 0 spiro atoms. The zero-order valence-corrected chi connectivity index (χ0v) is 16.1. The first-order valence-electron chi connectivity index (χ1n) is 10.0. The second-order valence-corrected chi connectivity index (χ2v) is 7.83. The smallest absolute Gasteiger partial charge is 0.233 e. The normalized spacial score (nSPS) is 25.8. The van der Waals surface area contributed by atoms with E-state index in [1.807, 2.05) is 0 Å². The van der Waals surface area contributed by atoms with Gasteiger partial charge in [-0.15, -0.1) is 10.2 Å². The van der Waals surface area contributed by atoms with Gasteiger partial charge in [-0.3, -0.25) is 5.10 Å². The van der Waals surface area contributed by atoms with Crippen molar-refractivity contribution >= 4 is 0 Å². The summed E-state index contributed by atoms with van der Waals surface area (Å²) in [6.45, 7) is 0. The van der Waals surface area contributed by atoms with Crippen LogP contribution in [0.1, 0.15) is 25.7 Å². The molecule has 0 aliphatic carbocycles. The number of rotatable bonds is 4. The Kier molecular flexibility index (Phi) is 4.82. The standard InChI is InChI=1S/C21H21F2N5O2/c22-15-7-14(18(29)8-13(15)11-9-24-25-10-11)16-4-5-20(28-27-16)30-19-6-12-2-1-3-17(26-12)21(19)23/h4-5,7-10,12,17,19,21,26,29H,1-3,6H2,(H,24,25)/t12-,17+,19+,21-/m1/s1. The molecule has 2 aromatic heterocycles. The minimum Gasteiger partial charge on any atom is -0.507 e. The van der Waals surface area contributed by atoms with Gasteiger partial charge in [-0.05, 0) is 31.0 Å². The summed E-state index contributed by atoms with van der Waals surface area (Å²) in [4.78, 5) is 0. The number of phenolic OH excluding ortho intramolecular Hbond substituents is 1. The largest absolute Gasteiger partial charge is 0.507 e. The molecule has 3 N–H and O–H groups in total. The molecule has 2 saturated heterocycles. The summed E-state index contributed by atoms with van der Waals surface area (Å²) in [5.41, 5.74) is 1.25. The van der Waals surface area contributed by atoms with E-state index in [-0.39, 0.29) is 40.5 Å². The molecule has 4 atom stereocenters. The molecular formula is C21H21F2N5O2. The summed E-state index contributed by atoms with van der Waals surface area (Å²) in [5, 5.41) is 28.2. The Labute approximate surface area is 171 Å². The van der Waals surface area contributed by atoms with Crippen molar-refractivity contribution in [2.45, 2.75) is 50.0 Å². The lowest BCUT2D eigenvalue weighted by Gasteiger charge is -2.42. The van der Waals surface area contributed by atoms with Gasteiger partial charge in [-0.25, -0.2) is 8.78 Å². The van der Waals surface area contributed by atoms with Crippen LogP contribution in [0.2, 0.25) is 0 Å². The highest BCUT2D eigenvalue weighted by Gasteiger charge is 2.41. The Morgan fingerprint density at radius 2 is 2.03 bits per heavy atom. The van der Waals surface area contributed by atoms with E-state index < -0.39 is 18.1 Å². The number of aromatic amines is 1. The molecule has 2 aliphatic heterocycles. The van der Waals surface area contributed by atoms with E-state index in [4.69, 9.17) is 4.74 Å². The van der Waals surface area contributed by atoms with Gasteiger partial charge in [0, 0.05) is 47.5 Å². The molecule has 156 valence electrons. The van der Waals surface area contributed by atoms with Crippen molar-refractivity contribution in [2.75, 3.05) is 0 Å². The van der Waals surface area contributed by atoms with Crippen LogP contribution >= 0.6 is 0 Å². The third kappa shape index (κ3) is 3.49. The predicted octanol–water partition coefficient (Wildman–Crippen LogP) is 3.38. The minimum absolute atomic E-state index is 0.134. The minimum atomic E-state index is -1.10. The molecule has 0 radical (unpaired) electrons. The third-order valence-electron chi connectivity index (χ3n) is 5.86. The molecule has 30 heavy (non-hydrogen) atoms. The number of halogens is 2. The summed E-state index contributed by atoms with van der Waals surface area (Å²) in [5.74, 6) is -0.445. The number of benzene rings is 1. The van der Waals surface area contributed by atoms with Crippen molar-refractivity contribution in [3.05, 3.63) is 42.5 Å². The maximum atomic E-state index is 14.7. The van der Waals surface area contributed by atoms with Crippen LogP contribution in [0.3, 0.4) is 0 Å². The van der Waals surface area contributed by atoms with E-state index in [2.05, 4.69) is 25.7 Å². The van der Waals surface area contributed by atoms with Crippen molar-refractivity contribution in [3.63, 3.8) is 0 Å². The van der Waals surface area contributed by atoms with Crippen LogP contribution in [0.15, 0.2) is 36.7 Å². The fraction of sp³-hybridized carbons (Fsp3) is 0.381. The molecule has 0 saturated carbocycles. The number of nitrogens with one attached hydrogen (secondary N) is 2. The van der Waals surface area contributed by atoms with Gasteiger partial charge in [0.05, 0.1) is 11.9 Å². The average Bonchev–Trinajstić information content (AvgIpc) is 3.29. The van der Waals surface area contributed by atoms with Crippen molar-refractivity contribution < 1.29 is 18.6 Å². The van der Waals surface area contributed by atoms with Gasteiger partial charge in [0.25, 0.3) is 0 Å². The maximum absolute atomic E-state index is 14.7. The van der Waals surface area contributed by atoms with Crippen LogP contribution in [0, 0.1) is 5.82 Å². The van der Waals surface area contributed by atoms with Crippen molar-refractivity contribution in [1.82, 2.24) is 25.7 Å². The molecule has 2 bridgehead atoms. The number of hydrogen-bond donors (Lipinski definition) is 3. The molecule has 2 aliphatic rings. The number of fused-ring (bicyclic) bond motifs is 2. The van der Waals surface area contributed by atoms with E-state index in [0.29, 0.717) is 12.0 Å². The van der Waals surface area contributed by atoms with Gasteiger partial charge in [-0.2, -0.15) is 5.10 Å². The Hall–Kier alpha value is -3.07. The number of alkyl halides is 1. The number of hydrogen-bond acceptors (Lipinski definition) is 6.